The standard InChI is InChI=1S/C18H26N4O3S/c1-3-19-17(22-13-18(2,24)15-8-4-11-25-15)21-10-6-9-20-16(23)14-7-5-12-26-14/h4-5,7-8,11-12,24H,3,6,9-10,13H2,1-2H3,(H,20,23)(H2,19,21,22). The Labute approximate surface area is 157 Å². The minimum Gasteiger partial charge on any atom is -0.466 e. The molecular weight excluding hydrogens is 352 g/mol. The van der Waals surface area contributed by atoms with Gasteiger partial charge in [0.15, 0.2) is 5.96 Å². The molecule has 0 bridgehead atoms. The number of carbonyl (C=O) groups excluding carboxylic acids is 1. The molecule has 0 spiro atoms. The first kappa shape index (κ1) is 20.0. The van der Waals surface area contributed by atoms with Gasteiger partial charge in [-0.25, -0.2) is 4.99 Å². The molecule has 0 aromatic carbocycles. The number of carbonyl (C=O) groups is 1. The topological polar surface area (TPSA) is 98.9 Å². The molecule has 0 fully saturated rings. The first-order chi connectivity index (χ1) is 12.5. The number of guanidine groups is 1. The van der Waals surface area contributed by atoms with Gasteiger partial charge in [0.25, 0.3) is 5.91 Å². The molecule has 1 amide bonds. The molecule has 0 aliphatic heterocycles. The molecule has 2 aromatic heterocycles. The van der Waals surface area contributed by atoms with Gasteiger partial charge in [0, 0.05) is 19.6 Å². The summed E-state index contributed by atoms with van der Waals surface area (Å²) >= 11 is 1.43. The van der Waals surface area contributed by atoms with Crippen molar-refractivity contribution >= 4 is 23.2 Å². The number of hydrogen-bond acceptors (Lipinski definition) is 5. The van der Waals surface area contributed by atoms with Gasteiger partial charge in [-0.15, -0.1) is 11.3 Å². The third-order valence-electron chi connectivity index (χ3n) is 3.62. The van der Waals surface area contributed by atoms with E-state index in [4.69, 9.17) is 4.42 Å². The molecule has 2 rings (SSSR count). The van der Waals surface area contributed by atoms with Crippen LogP contribution >= 0.6 is 11.3 Å². The van der Waals surface area contributed by atoms with Crippen molar-refractivity contribution in [2.24, 2.45) is 4.99 Å². The summed E-state index contributed by atoms with van der Waals surface area (Å²) in [6, 6.07) is 7.13. The molecule has 0 radical (unpaired) electrons. The molecule has 2 heterocycles. The van der Waals surface area contributed by atoms with Crippen LogP contribution in [-0.4, -0.2) is 43.2 Å². The summed E-state index contributed by atoms with van der Waals surface area (Å²) in [5, 5.41) is 21.5. The Kier molecular flexibility index (Phi) is 7.68. The third kappa shape index (κ3) is 6.20. The van der Waals surface area contributed by atoms with E-state index in [1.165, 1.54) is 17.6 Å². The minimum absolute atomic E-state index is 0.0462. The highest BCUT2D eigenvalue weighted by atomic mass is 32.1. The number of rotatable bonds is 9. The van der Waals surface area contributed by atoms with Crippen LogP contribution in [0.4, 0.5) is 0 Å². The quantitative estimate of drug-likeness (QED) is 0.304. The van der Waals surface area contributed by atoms with E-state index in [2.05, 4.69) is 20.9 Å². The molecule has 1 atom stereocenters. The van der Waals surface area contributed by atoms with E-state index >= 15 is 0 Å². The molecule has 26 heavy (non-hydrogen) atoms. The number of hydrogen-bond donors (Lipinski definition) is 4. The zero-order valence-corrected chi connectivity index (χ0v) is 15.9. The van der Waals surface area contributed by atoms with Crippen LogP contribution < -0.4 is 16.0 Å². The van der Waals surface area contributed by atoms with Gasteiger partial charge in [0.2, 0.25) is 0 Å². The van der Waals surface area contributed by atoms with Gasteiger partial charge in [0.1, 0.15) is 11.4 Å². The van der Waals surface area contributed by atoms with Gasteiger partial charge in [-0.05, 0) is 43.8 Å². The highest BCUT2D eigenvalue weighted by Crippen LogP contribution is 2.20. The van der Waals surface area contributed by atoms with E-state index < -0.39 is 5.60 Å². The largest absolute Gasteiger partial charge is 0.466 e. The molecule has 8 heteroatoms. The van der Waals surface area contributed by atoms with Gasteiger partial charge in [-0.1, -0.05) is 6.07 Å². The number of amides is 1. The summed E-state index contributed by atoms with van der Waals surface area (Å²) < 4.78 is 5.26. The Balaban J connectivity index is 1.74. The molecule has 0 saturated heterocycles. The molecule has 0 saturated carbocycles. The highest BCUT2D eigenvalue weighted by molar-refractivity contribution is 7.12. The van der Waals surface area contributed by atoms with Crippen LogP contribution in [0.3, 0.4) is 0 Å². The van der Waals surface area contributed by atoms with E-state index in [0.717, 1.165) is 6.42 Å². The fraction of sp³-hybridized carbons (Fsp3) is 0.444. The SMILES string of the molecule is CCNC(=NCC(C)(O)c1ccco1)NCCCNC(=O)c1cccs1. The molecule has 0 aliphatic rings. The monoisotopic (exact) mass is 378 g/mol. The average molecular weight is 378 g/mol. The van der Waals surface area contributed by atoms with Crippen LogP contribution in [0.1, 0.15) is 35.7 Å². The number of aliphatic imine (C=N–C) groups is 1. The molecule has 4 N–H and O–H groups in total. The van der Waals surface area contributed by atoms with Crippen LogP contribution in [0.5, 0.6) is 0 Å². The Morgan fingerprint density at radius 1 is 1.27 bits per heavy atom. The van der Waals surface area contributed by atoms with Crippen molar-refractivity contribution in [3.05, 3.63) is 46.5 Å². The van der Waals surface area contributed by atoms with Crippen molar-refractivity contribution in [1.29, 1.82) is 0 Å². The summed E-state index contributed by atoms with van der Waals surface area (Å²) in [6.07, 6.45) is 2.29. The molecule has 0 aliphatic carbocycles. The number of aliphatic hydroxyl groups is 1. The first-order valence-electron chi connectivity index (χ1n) is 8.63. The van der Waals surface area contributed by atoms with Crippen LogP contribution in [0.15, 0.2) is 45.3 Å². The zero-order valence-electron chi connectivity index (χ0n) is 15.1. The van der Waals surface area contributed by atoms with Crippen LogP contribution in [0, 0.1) is 0 Å². The second-order valence-electron chi connectivity index (χ2n) is 5.96. The smallest absolute Gasteiger partial charge is 0.261 e. The minimum atomic E-state index is -1.17. The van der Waals surface area contributed by atoms with Crippen LogP contribution in [0.25, 0.3) is 0 Å². The lowest BCUT2D eigenvalue weighted by molar-refractivity contribution is 0.0437. The third-order valence-corrected chi connectivity index (χ3v) is 4.49. The van der Waals surface area contributed by atoms with Crippen molar-refractivity contribution in [1.82, 2.24) is 16.0 Å². The molecular formula is C18H26N4O3S. The molecule has 7 nitrogen and oxygen atoms in total. The molecule has 142 valence electrons. The summed E-state index contributed by atoms with van der Waals surface area (Å²) in [5.74, 6) is 1.05. The number of thiophene rings is 1. The van der Waals surface area contributed by atoms with Crippen LogP contribution in [0.2, 0.25) is 0 Å². The molecule has 2 aromatic rings. The maximum atomic E-state index is 11.8. The Bertz CT molecular complexity index is 681. The van der Waals surface area contributed by atoms with E-state index in [-0.39, 0.29) is 12.5 Å². The first-order valence-corrected chi connectivity index (χ1v) is 9.51. The van der Waals surface area contributed by atoms with Gasteiger partial charge < -0.3 is 25.5 Å². The van der Waals surface area contributed by atoms with E-state index in [0.29, 0.717) is 36.2 Å². The summed E-state index contributed by atoms with van der Waals surface area (Å²) in [6.45, 7) is 5.75. The molecule has 1 unspecified atom stereocenters. The van der Waals surface area contributed by atoms with Gasteiger partial charge in [0.05, 0.1) is 17.7 Å². The predicted octanol–water partition coefficient (Wildman–Crippen LogP) is 1.92. The van der Waals surface area contributed by atoms with E-state index in [1.807, 2.05) is 18.4 Å². The van der Waals surface area contributed by atoms with E-state index in [9.17, 15) is 9.90 Å². The lowest BCUT2D eigenvalue weighted by Crippen LogP contribution is -2.40. The van der Waals surface area contributed by atoms with Gasteiger partial charge >= 0.3 is 0 Å². The Hall–Kier alpha value is -2.32. The highest BCUT2D eigenvalue weighted by Gasteiger charge is 2.26. The second-order valence-corrected chi connectivity index (χ2v) is 6.91. The average Bonchev–Trinajstić information content (AvgIpc) is 3.32. The maximum absolute atomic E-state index is 11.8. The fourth-order valence-electron chi connectivity index (χ4n) is 2.23. The summed E-state index contributed by atoms with van der Waals surface area (Å²) in [5.41, 5.74) is -1.17. The van der Waals surface area contributed by atoms with E-state index in [1.54, 1.807) is 25.1 Å². The summed E-state index contributed by atoms with van der Waals surface area (Å²) in [4.78, 5) is 17.0. The summed E-state index contributed by atoms with van der Waals surface area (Å²) in [7, 11) is 0. The number of nitrogens with zero attached hydrogens (tertiary/aromatic N) is 1. The van der Waals surface area contributed by atoms with Crippen molar-refractivity contribution in [2.45, 2.75) is 25.9 Å². The van der Waals surface area contributed by atoms with Crippen molar-refractivity contribution < 1.29 is 14.3 Å². The number of nitrogens with one attached hydrogen (secondary N) is 3. The second kappa shape index (κ2) is 9.98. The normalized spacial score (nSPS) is 13.9. The van der Waals surface area contributed by atoms with Crippen LogP contribution in [-0.2, 0) is 5.60 Å². The number of furan rings is 1. The Morgan fingerprint density at radius 2 is 2.08 bits per heavy atom. The zero-order chi connectivity index (χ0) is 18.8. The fourth-order valence-corrected chi connectivity index (χ4v) is 2.87. The van der Waals surface area contributed by atoms with Gasteiger partial charge in [-0.2, -0.15) is 0 Å². The lowest BCUT2D eigenvalue weighted by Gasteiger charge is -2.19. The lowest BCUT2D eigenvalue weighted by atomic mass is 10.0. The maximum Gasteiger partial charge on any atom is 0.261 e. The van der Waals surface area contributed by atoms with Gasteiger partial charge in [-0.3, -0.25) is 4.79 Å². The predicted molar refractivity (Wildman–Crippen MR) is 104 cm³/mol. The van der Waals surface area contributed by atoms with Crippen molar-refractivity contribution in [2.75, 3.05) is 26.2 Å². The Morgan fingerprint density at radius 3 is 2.73 bits per heavy atom. The van der Waals surface area contributed by atoms with Crippen molar-refractivity contribution in [3.63, 3.8) is 0 Å². The van der Waals surface area contributed by atoms with Crippen molar-refractivity contribution in [3.8, 4) is 0 Å².